The van der Waals surface area contributed by atoms with Gasteiger partial charge in [0.2, 0.25) is 11.8 Å². The number of ether oxygens (including phenoxy) is 1. The minimum absolute atomic E-state index is 0.0104. The van der Waals surface area contributed by atoms with Gasteiger partial charge >= 0.3 is 0 Å². The van der Waals surface area contributed by atoms with E-state index >= 15 is 0 Å². The Morgan fingerprint density at radius 2 is 1.89 bits per heavy atom. The van der Waals surface area contributed by atoms with Crippen molar-refractivity contribution in [3.8, 4) is 0 Å². The van der Waals surface area contributed by atoms with Gasteiger partial charge in [-0.05, 0) is 52.9 Å². The topological polar surface area (TPSA) is 94.1 Å². The number of hydrogen-bond acceptors (Lipinski definition) is 6. The maximum Gasteiger partial charge on any atom is 0.234 e. The minimum Gasteiger partial charge on any atom is -0.394 e. The fourth-order valence-corrected chi connectivity index (χ4v) is 3.80. The van der Waals surface area contributed by atoms with Gasteiger partial charge in [0.05, 0.1) is 31.7 Å². The molecule has 0 spiro atoms. The first-order valence-electron chi connectivity index (χ1n) is 10.2. The molecule has 2 aliphatic heterocycles. The number of piperidine rings is 1. The number of aliphatic hydroxyl groups is 1. The third-order valence-electron chi connectivity index (χ3n) is 5.21. The summed E-state index contributed by atoms with van der Waals surface area (Å²) in [4.78, 5) is 28.3. The average Bonchev–Trinajstić information content (AvgIpc) is 2.63. The van der Waals surface area contributed by atoms with Crippen molar-refractivity contribution in [3.63, 3.8) is 0 Å². The van der Waals surface area contributed by atoms with Crippen LogP contribution in [0.3, 0.4) is 0 Å². The van der Waals surface area contributed by atoms with E-state index in [-0.39, 0.29) is 30.6 Å². The van der Waals surface area contributed by atoms with Crippen molar-refractivity contribution < 1.29 is 19.4 Å². The number of rotatable bonds is 9. The molecule has 2 amide bonds. The van der Waals surface area contributed by atoms with E-state index < -0.39 is 6.10 Å². The first-order valence-corrected chi connectivity index (χ1v) is 10.2. The Kier molecular flexibility index (Phi) is 9.47. The van der Waals surface area contributed by atoms with E-state index in [2.05, 4.69) is 15.5 Å². The minimum atomic E-state index is -0.462. The maximum atomic E-state index is 12.2. The zero-order valence-corrected chi connectivity index (χ0v) is 16.8. The molecule has 0 bridgehead atoms. The fourth-order valence-electron chi connectivity index (χ4n) is 3.80. The SMILES string of the molecule is CN(C)CC(=O)N[C@@H]1CC[C@@H](CC(=O)NCCN2CCCCC2)O[C@@H]1CO. The van der Waals surface area contributed by atoms with Crippen LogP contribution in [0.25, 0.3) is 0 Å². The number of hydrogen-bond donors (Lipinski definition) is 3. The largest absolute Gasteiger partial charge is 0.394 e. The van der Waals surface area contributed by atoms with E-state index in [1.807, 2.05) is 14.1 Å². The fraction of sp³-hybridized carbons (Fsp3) is 0.895. The molecule has 0 aliphatic carbocycles. The van der Waals surface area contributed by atoms with E-state index in [0.717, 1.165) is 19.6 Å². The third kappa shape index (κ3) is 8.13. The van der Waals surface area contributed by atoms with E-state index in [4.69, 9.17) is 4.74 Å². The lowest BCUT2D eigenvalue weighted by atomic mass is 9.97. The van der Waals surface area contributed by atoms with Gasteiger partial charge in [0.15, 0.2) is 0 Å². The third-order valence-corrected chi connectivity index (χ3v) is 5.21. The molecule has 2 saturated heterocycles. The molecular formula is C19H36N4O4. The zero-order chi connectivity index (χ0) is 19.6. The van der Waals surface area contributed by atoms with Crippen molar-refractivity contribution in [2.45, 2.75) is 56.8 Å². The van der Waals surface area contributed by atoms with Crippen LogP contribution >= 0.6 is 0 Å². The normalized spacial score (nSPS) is 26.7. The Bertz CT molecular complexity index is 469. The Morgan fingerprint density at radius 1 is 1.15 bits per heavy atom. The van der Waals surface area contributed by atoms with Crippen LogP contribution in [0.5, 0.6) is 0 Å². The van der Waals surface area contributed by atoms with Crippen molar-refractivity contribution in [1.82, 2.24) is 20.4 Å². The van der Waals surface area contributed by atoms with Gasteiger partial charge in [-0.15, -0.1) is 0 Å². The summed E-state index contributed by atoms with van der Waals surface area (Å²) in [5.41, 5.74) is 0. The highest BCUT2D eigenvalue weighted by Gasteiger charge is 2.32. The summed E-state index contributed by atoms with van der Waals surface area (Å²) in [5.74, 6) is -0.0928. The van der Waals surface area contributed by atoms with E-state index in [0.29, 0.717) is 32.4 Å². The first-order chi connectivity index (χ1) is 13.0. The lowest BCUT2D eigenvalue weighted by Crippen LogP contribution is -2.53. The summed E-state index contributed by atoms with van der Waals surface area (Å²) in [6.07, 6.45) is 4.84. The molecule has 2 fully saturated rings. The second kappa shape index (κ2) is 11.6. The summed E-state index contributed by atoms with van der Waals surface area (Å²) in [6, 6.07) is -0.208. The molecule has 0 unspecified atom stereocenters. The van der Waals surface area contributed by atoms with E-state index in [1.54, 1.807) is 4.90 Å². The maximum absolute atomic E-state index is 12.2. The highest BCUT2D eigenvalue weighted by atomic mass is 16.5. The number of likely N-dealkylation sites (N-methyl/N-ethyl adjacent to an activating group) is 1. The van der Waals surface area contributed by atoms with Crippen LogP contribution in [-0.4, -0.2) is 98.4 Å². The number of likely N-dealkylation sites (tertiary alicyclic amines) is 1. The molecule has 3 atom stereocenters. The van der Waals surface area contributed by atoms with E-state index in [1.165, 1.54) is 19.3 Å². The van der Waals surface area contributed by atoms with E-state index in [9.17, 15) is 14.7 Å². The molecule has 0 saturated carbocycles. The zero-order valence-electron chi connectivity index (χ0n) is 16.8. The number of amides is 2. The van der Waals surface area contributed by atoms with Crippen LogP contribution in [0.15, 0.2) is 0 Å². The molecule has 8 heteroatoms. The predicted octanol–water partition coefficient (Wildman–Crippen LogP) is -0.435. The highest BCUT2D eigenvalue weighted by Crippen LogP contribution is 2.22. The molecule has 156 valence electrons. The summed E-state index contributed by atoms with van der Waals surface area (Å²) < 4.78 is 5.87. The number of nitrogens with zero attached hydrogens (tertiary/aromatic N) is 2. The molecule has 0 aromatic rings. The molecule has 0 radical (unpaired) electrons. The van der Waals surface area contributed by atoms with Crippen molar-refractivity contribution in [3.05, 3.63) is 0 Å². The van der Waals surface area contributed by atoms with Crippen molar-refractivity contribution in [1.29, 1.82) is 0 Å². The molecule has 0 aromatic heterocycles. The predicted molar refractivity (Wildman–Crippen MR) is 103 cm³/mol. The Balaban J connectivity index is 1.67. The molecule has 2 rings (SSSR count). The Hall–Kier alpha value is -1.22. The molecule has 3 N–H and O–H groups in total. The standard InChI is InChI=1S/C19H36N4O4/c1-22(2)13-19(26)21-16-7-6-15(27-17(16)14-24)12-18(25)20-8-11-23-9-4-3-5-10-23/h15-17,24H,3-14H2,1-2H3,(H,20,25)(H,21,26)/t15-,16+,17+/m0/s1. The smallest absolute Gasteiger partial charge is 0.234 e. The molecular weight excluding hydrogens is 348 g/mol. The highest BCUT2D eigenvalue weighted by molar-refractivity contribution is 5.78. The summed E-state index contributed by atoms with van der Waals surface area (Å²) >= 11 is 0. The lowest BCUT2D eigenvalue weighted by molar-refractivity contribution is -0.136. The number of carbonyl (C=O) groups excluding carboxylic acids is 2. The van der Waals surface area contributed by atoms with Crippen molar-refractivity contribution in [2.24, 2.45) is 0 Å². The van der Waals surface area contributed by atoms with Crippen LogP contribution in [0.1, 0.15) is 38.5 Å². The number of nitrogens with one attached hydrogen (secondary N) is 2. The van der Waals surface area contributed by atoms with Gasteiger partial charge in [0, 0.05) is 13.1 Å². The van der Waals surface area contributed by atoms with Gasteiger partial charge in [0.1, 0.15) is 6.10 Å². The molecule has 8 nitrogen and oxygen atoms in total. The Morgan fingerprint density at radius 3 is 2.56 bits per heavy atom. The van der Waals surface area contributed by atoms with Crippen LogP contribution < -0.4 is 10.6 Å². The van der Waals surface area contributed by atoms with Crippen LogP contribution in [0.4, 0.5) is 0 Å². The molecule has 27 heavy (non-hydrogen) atoms. The van der Waals surface area contributed by atoms with Gasteiger partial charge in [-0.1, -0.05) is 6.42 Å². The van der Waals surface area contributed by atoms with Crippen molar-refractivity contribution in [2.75, 3.05) is 53.4 Å². The van der Waals surface area contributed by atoms with Crippen LogP contribution in [-0.2, 0) is 14.3 Å². The molecule has 2 aliphatic rings. The van der Waals surface area contributed by atoms with Gasteiger partial charge in [-0.3, -0.25) is 9.59 Å². The van der Waals surface area contributed by atoms with Gasteiger partial charge in [0.25, 0.3) is 0 Å². The second-order valence-electron chi connectivity index (χ2n) is 7.92. The monoisotopic (exact) mass is 384 g/mol. The average molecular weight is 385 g/mol. The summed E-state index contributed by atoms with van der Waals surface area (Å²) in [6.45, 7) is 3.95. The number of aliphatic hydroxyl groups excluding tert-OH is 1. The van der Waals surface area contributed by atoms with Gasteiger partial charge in [-0.25, -0.2) is 0 Å². The second-order valence-corrected chi connectivity index (χ2v) is 7.92. The Labute approximate surface area is 162 Å². The quantitative estimate of drug-likeness (QED) is 0.499. The van der Waals surface area contributed by atoms with Crippen LogP contribution in [0.2, 0.25) is 0 Å². The van der Waals surface area contributed by atoms with Crippen LogP contribution in [0, 0.1) is 0 Å². The summed E-state index contributed by atoms with van der Waals surface area (Å²) in [7, 11) is 3.67. The summed E-state index contributed by atoms with van der Waals surface area (Å²) in [5, 5.41) is 15.5. The van der Waals surface area contributed by atoms with Gasteiger partial charge in [-0.2, -0.15) is 0 Å². The lowest BCUT2D eigenvalue weighted by Gasteiger charge is -2.36. The van der Waals surface area contributed by atoms with Gasteiger partial charge < -0.3 is 30.3 Å². The number of carbonyl (C=O) groups is 2. The molecule has 2 heterocycles. The first kappa shape index (κ1) is 22.1. The van der Waals surface area contributed by atoms with Crippen molar-refractivity contribution >= 4 is 11.8 Å². The molecule has 0 aromatic carbocycles.